The van der Waals surface area contributed by atoms with Crippen molar-refractivity contribution in [2.75, 3.05) is 59.4 Å². The normalized spacial score (nSPS) is 21.7. The average Bonchev–Trinajstić information content (AvgIpc) is 2.98. The van der Waals surface area contributed by atoms with Crippen LogP contribution in [0.2, 0.25) is 0 Å². The number of thiazole rings is 1. The maximum atomic E-state index is 12.4. The maximum absolute atomic E-state index is 12.4. The van der Waals surface area contributed by atoms with Gasteiger partial charge in [-0.3, -0.25) is 9.69 Å². The number of likely N-dealkylation sites (N-methyl/N-ethyl adjacent to an activating group) is 1. The Bertz CT molecular complexity index is 477. The Hall–Kier alpha value is -1.02. The summed E-state index contributed by atoms with van der Waals surface area (Å²) in [6, 6.07) is 0. The summed E-state index contributed by atoms with van der Waals surface area (Å²) < 4.78 is 0. The predicted octanol–water partition coefficient (Wildman–Crippen LogP) is -0.0641. The molecule has 2 aliphatic rings. The first kappa shape index (κ1) is 14.9. The minimum atomic E-state index is 0.0809. The van der Waals surface area contributed by atoms with Crippen molar-refractivity contribution in [3.8, 4) is 0 Å². The van der Waals surface area contributed by atoms with E-state index in [0.29, 0.717) is 5.69 Å². The quantitative estimate of drug-likeness (QED) is 0.847. The number of piperazine rings is 2. The maximum Gasteiger partial charge on any atom is 0.273 e. The molecule has 2 saturated heterocycles. The monoisotopic (exact) mass is 309 g/mol. The summed E-state index contributed by atoms with van der Waals surface area (Å²) in [5.74, 6) is 0.0809. The molecule has 0 aliphatic carbocycles. The van der Waals surface area contributed by atoms with E-state index in [0.717, 1.165) is 63.9 Å². The van der Waals surface area contributed by atoms with Crippen molar-refractivity contribution in [3.63, 3.8) is 0 Å². The van der Waals surface area contributed by atoms with Crippen LogP contribution in [-0.4, -0.2) is 85.0 Å². The van der Waals surface area contributed by atoms with E-state index >= 15 is 0 Å². The lowest BCUT2D eigenvalue weighted by atomic mass is 10.3. The Morgan fingerprint density at radius 3 is 2.67 bits per heavy atom. The molecule has 21 heavy (non-hydrogen) atoms. The Balaban J connectivity index is 1.56. The molecule has 1 aromatic heterocycles. The summed E-state index contributed by atoms with van der Waals surface area (Å²) in [5, 5.41) is 6.23. The zero-order valence-corrected chi connectivity index (χ0v) is 13.4. The van der Waals surface area contributed by atoms with Gasteiger partial charge >= 0.3 is 0 Å². The molecule has 2 fully saturated rings. The Morgan fingerprint density at radius 1 is 1.24 bits per heavy atom. The van der Waals surface area contributed by atoms with Crippen LogP contribution in [-0.2, 0) is 6.54 Å². The molecule has 0 unspecified atom stereocenters. The second-order valence-electron chi connectivity index (χ2n) is 5.75. The average molecular weight is 309 g/mol. The minimum absolute atomic E-state index is 0.0809. The number of amides is 1. The first-order chi connectivity index (χ1) is 10.2. The summed E-state index contributed by atoms with van der Waals surface area (Å²) >= 11 is 1.61. The standard InChI is InChI=1S/C14H23N5OS/c1-17-6-8-18(9-7-17)10-13-16-12(11-21-13)14(20)19-4-2-15-3-5-19/h11,15H,2-10H2,1H3. The highest BCUT2D eigenvalue weighted by Gasteiger charge is 2.21. The Labute approximate surface area is 129 Å². The Kier molecular flexibility index (Phi) is 4.84. The number of carbonyl (C=O) groups excluding carboxylic acids is 1. The molecule has 1 amide bonds. The van der Waals surface area contributed by atoms with Gasteiger partial charge in [0.15, 0.2) is 0 Å². The van der Waals surface area contributed by atoms with Crippen LogP contribution in [0.1, 0.15) is 15.5 Å². The fraction of sp³-hybridized carbons (Fsp3) is 0.714. The van der Waals surface area contributed by atoms with Crippen LogP contribution < -0.4 is 5.32 Å². The summed E-state index contributed by atoms with van der Waals surface area (Å²) in [5.41, 5.74) is 0.617. The van der Waals surface area contributed by atoms with Crippen LogP contribution in [0.3, 0.4) is 0 Å². The van der Waals surface area contributed by atoms with Crippen LogP contribution in [0.25, 0.3) is 0 Å². The van der Waals surface area contributed by atoms with Crippen molar-refractivity contribution in [1.29, 1.82) is 0 Å². The molecule has 116 valence electrons. The summed E-state index contributed by atoms with van der Waals surface area (Å²) in [6.45, 7) is 8.57. The molecule has 1 aromatic rings. The lowest BCUT2D eigenvalue weighted by Gasteiger charge is -2.31. The van der Waals surface area contributed by atoms with Gasteiger partial charge in [-0.05, 0) is 7.05 Å². The number of hydrogen-bond acceptors (Lipinski definition) is 6. The fourth-order valence-electron chi connectivity index (χ4n) is 2.71. The van der Waals surface area contributed by atoms with Gasteiger partial charge in [0.05, 0.1) is 6.54 Å². The molecule has 2 aliphatic heterocycles. The minimum Gasteiger partial charge on any atom is -0.335 e. The van der Waals surface area contributed by atoms with Gasteiger partial charge in [-0.1, -0.05) is 0 Å². The van der Waals surface area contributed by atoms with Crippen molar-refractivity contribution in [1.82, 2.24) is 25.0 Å². The molecule has 0 radical (unpaired) electrons. The van der Waals surface area contributed by atoms with E-state index < -0.39 is 0 Å². The second-order valence-corrected chi connectivity index (χ2v) is 6.69. The molecule has 0 atom stereocenters. The van der Waals surface area contributed by atoms with Crippen molar-refractivity contribution < 1.29 is 4.79 Å². The van der Waals surface area contributed by atoms with E-state index in [1.807, 2.05) is 10.3 Å². The molecular formula is C14H23N5OS. The third-order valence-corrected chi connectivity index (χ3v) is 4.96. The van der Waals surface area contributed by atoms with Gasteiger partial charge < -0.3 is 15.1 Å². The van der Waals surface area contributed by atoms with Crippen LogP contribution in [0.4, 0.5) is 0 Å². The first-order valence-electron chi connectivity index (χ1n) is 7.57. The first-order valence-corrected chi connectivity index (χ1v) is 8.45. The smallest absolute Gasteiger partial charge is 0.273 e. The van der Waals surface area contributed by atoms with Crippen molar-refractivity contribution in [3.05, 3.63) is 16.1 Å². The summed E-state index contributed by atoms with van der Waals surface area (Å²) in [4.78, 5) is 23.6. The van der Waals surface area contributed by atoms with Gasteiger partial charge in [-0.15, -0.1) is 11.3 Å². The molecule has 1 N–H and O–H groups in total. The van der Waals surface area contributed by atoms with Crippen LogP contribution >= 0.6 is 11.3 Å². The topological polar surface area (TPSA) is 51.7 Å². The molecule has 3 heterocycles. The van der Waals surface area contributed by atoms with Gasteiger partial charge in [0.1, 0.15) is 10.7 Å². The highest BCUT2D eigenvalue weighted by atomic mass is 32.1. The lowest BCUT2D eigenvalue weighted by molar-refractivity contribution is 0.0730. The number of nitrogens with one attached hydrogen (secondary N) is 1. The van der Waals surface area contributed by atoms with E-state index in [2.05, 4.69) is 27.1 Å². The third-order valence-electron chi connectivity index (χ3n) is 4.13. The third kappa shape index (κ3) is 3.79. The van der Waals surface area contributed by atoms with Crippen LogP contribution in [0.5, 0.6) is 0 Å². The zero-order chi connectivity index (χ0) is 14.7. The van der Waals surface area contributed by atoms with Gasteiger partial charge in [-0.25, -0.2) is 4.98 Å². The van der Waals surface area contributed by atoms with Crippen molar-refractivity contribution in [2.24, 2.45) is 0 Å². The fourth-order valence-corrected chi connectivity index (χ4v) is 3.52. The number of nitrogens with zero attached hydrogens (tertiary/aromatic N) is 4. The molecule has 0 aromatic carbocycles. The molecule has 0 bridgehead atoms. The van der Waals surface area contributed by atoms with E-state index in [1.54, 1.807) is 11.3 Å². The molecule has 0 spiro atoms. The van der Waals surface area contributed by atoms with E-state index in [9.17, 15) is 4.79 Å². The number of aromatic nitrogens is 1. The number of carbonyl (C=O) groups is 1. The van der Waals surface area contributed by atoms with E-state index in [-0.39, 0.29) is 5.91 Å². The second kappa shape index (κ2) is 6.83. The van der Waals surface area contributed by atoms with Gasteiger partial charge in [0, 0.05) is 57.7 Å². The van der Waals surface area contributed by atoms with Gasteiger partial charge in [0.25, 0.3) is 5.91 Å². The van der Waals surface area contributed by atoms with Crippen LogP contribution in [0, 0.1) is 0 Å². The summed E-state index contributed by atoms with van der Waals surface area (Å²) in [6.07, 6.45) is 0. The SMILES string of the molecule is CN1CCN(Cc2nc(C(=O)N3CCNCC3)cs2)CC1. The molecule has 3 rings (SSSR count). The van der Waals surface area contributed by atoms with E-state index in [4.69, 9.17) is 0 Å². The Morgan fingerprint density at radius 2 is 1.95 bits per heavy atom. The van der Waals surface area contributed by atoms with Gasteiger partial charge in [0.2, 0.25) is 0 Å². The predicted molar refractivity (Wildman–Crippen MR) is 83.7 cm³/mol. The van der Waals surface area contributed by atoms with Crippen molar-refractivity contribution in [2.45, 2.75) is 6.54 Å². The lowest BCUT2D eigenvalue weighted by Crippen LogP contribution is -2.46. The van der Waals surface area contributed by atoms with Crippen molar-refractivity contribution >= 4 is 17.2 Å². The van der Waals surface area contributed by atoms with E-state index in [1.165, 1.54) is 0 Å². The van der Waals surface area contributed by atoms with Gasteiger partial charge in [-0.2, -0.15) is 0 Å². The largest absolute Gasteiger partial charge is 0.335 e. The highest BCUT2D eigenvalue weighted by Crippen LogP contribution is 2.15. The summed E-state index contributed by atoms with van der Waals surface area (Å²) in [7, 11) is 2.16. The molecule has 0 saturated carbocycles. The highest BCUT2D eigenvalue weighted by molar-refractivity contribution is 7.09. The van der Waals surface area contributed by atoms with Crippen LogP contribution in [0.15, 0.2) is 5.38 Å². The molecular weight excluding hydrogens is 286 g/mol. The number of hydrogen-bond donors (Lipinski definition) is 1. The molecule has 6 nitrogen and oxygen atoms in total. The molecule has 7 heteroatoms. The number of rotatable bonds is 3. The zero-order valence-electron chi connectivity index (χ0n) is 12.5.